The summed E-state index contributed by atoms with van der Waals surface area (Å²) < 4.78 is 0. The lowest BCUT2D eigenvalue weighted by atomic mass is 10.1. The van der Waals surface area contributed by atoms with Crippen LogP contribution in [-0.4, -0.2) is 28.9 Å². The summed E-state index contributed by atoms with van der Waals surface area (Å²) in [7, 11) is 0. The van der Waals surface area contributed by atoms with Crippen molar-refractivity contribution in [2.45, 2.75) is 32.9 Å². The van der Waals surface area contributed by atoms with Crippen molar-refractivity contribution in [3.8, 4) is 0 Å². The minimum Gasteiger partial charge on any atom is -0.350 e. The quantitative estimate of drug-likeness (QED) is 0.759. The van der Waals surface area contributed by atoms with Gasteiger partial charge in [0.15, 0.2) is 0 Å². The molecule has 0 aliphatic rings. The molecule has 0 saturated heterocycles. The second kappa shape index (κ2) is 7.81. The third-order valence-electron chi connectivity index (χ3n) is 2.21. The van der Waals surface area contributed by atoms with Crippen LogP contribution in [0.25, 0.3) is 0 Å². The maximum atomic E-state index is 11.8. The molecular weight excluding hydrogens is 280 g/mol. The maximum Gasteiger partial charge on any atom is 0.251 e. The molecule has 0 aromatic carbocycles. The summed E-state index contributed by atoms with van der Waals surface area (Å²) in [4.78, 5) is 27.4. The molecule has 112 valence electrons. The Balaban J connectivity index is 0.00000361. The highest BCUT2D eigenvalue weighted by molar-refractivity contribution is 5.96. The molecule has 0 saturated carbocycles. The van der Waals surface area contributed by atoms with Gasteiger partial charge in [0.05, 0.1) is 12.2 Å². The molecule has 1 aromatic rings. The van der Waals surface area contributed by atoms with Gasteiger partial charge in [0.25, 0.3) is 5.91 Å². The molecule has 2 amide bonds. The Bertz CT molecular complexity index is 472. The SMILES string of the molecule is CC(C)(C)NC(=O)CNC(=O)c1ccnc(CN)c1.Cl. The summed E-state index contributed by atoms with van der Waals surface area (Å²) in [5.41, 5.74) is 6.21. The van der Waals surface area contributed by atoms with Crippen molar-refractivity contribution in [2.24, 2.45) is 5.73 Å². The van der Waals surface area contributed by atoms with E-state index >= 15 is 0 Å². The second-order valence-corrected chi connectivity index (χ2v) is 5.22. The van der Waals surface area contributed by atoms with Gasteiger partial charge < -0.3 is 16.4 Å². The van der Waals surface area contributed by atoms with Crippen LogP contribution < -0.4 is 16.4 Å². The van der Waals surface area contributed by atoms with Crippen molar-refractivity contribution < 1.29 is 9.59 Å². The van der Waals surface area contributed by atoms with E-state index in [1.807, 2.05) is 20.8 Å². The van der Waals surface area contributed by atoms with Gasteiger partial charge in [-0.2, -0.15) is 0 Å². The van der Waals surface area contributed by atoms with Crippen molar-refractivity contribution in [3.05, 3.63) is 29.6 Å². The van der Waals surface area contributed by atoms with Crippen LogP contribution in [0.2, 0.25) is 0 Å². The fraction of sp³-hybridized carbons (Fsp3) is 0.462. The summed E-state index contributed by atoms with van der Waals surface area (Å²) in [5.74, 6) is -0.546. The highest BCUT2D eigenvalue weighted by Gasteiger charge is 2.14. The van der Waals surface area contributed by atoms with E-state index in [0.29, 0.717) is 11.3 Å². The van der Waals surface area contributed by atoms with Crippen LogP contribution in [0.3, 0.4) is 0 Å². The third-order valence-corrected chi connectivity index (χ3v) is 2.21. The minimum absolute atomic E-state index is 0. The van der Waals surface area contributed by atoms with E-state index in [1.165, 1.54) is 6.20 Å². The molecule has 0 atom stereocenters. The largest absolute Gasteiger partial charge is 0.350 e. The lowest BCUT2D eigenvalue weighted by molar-refractivity contribution is -0.121. The number of nitrogens with zero attached hydrogens (tertiary/aromatic N) is 1. The average Bonchev–Trinajstić information content (AvgIpc) is 2.34. The van der Waals surface area contributed by atoms with E-state index in [0.717, 1.165) is 0 Å². The van der Waals surface area contributed by atoms with E-state index < -0.39 is 0 Å². The Labute approximate surface area is 124 Å². The predicted molar refractivity (Wildman–Crippen MR) is 79.6 cm³/mol. The van der Waals surface area contributed by atoms with Gasteiger partial charge in [0.1, 0.15) is 0 Å². The highest BCUT2D eigenvalue weighted by Crippen LogP contribution is 2.01. The number of aromatic nitrogens is 1. The Hall–Kier alpha value is -1.66. The Morgan fingerprint density at radius 1 is 1.35 bits per heavy atom. The fourth-order valence-corrected chi connectivity index (χ4v) is 1.46. The van der Waals surface area contributed by atoms with Gasteiger partial charge in [-0.15, -0.1) is 12.4 Å². The van der Waals surface area contributed by atoms with Crippen LogP contribution in [0.5, 0.6) is 0 Å². The van der Waals surface area contributed by atoms with Crippen LogP contribution >= 0.6 is 12.4 Å². The predicted octanol–water partition coefficient (Wildman–Crippen LogP) is 0.607. The zero-order chi connectivity index (χ0) is 14.5. The van der Waals surface area contributed by atoms with E-state index in [9.17, 15) is 9.59 Å². The molecule has 1 rings (SSSR count). The van der Waals surface area contributed by atoms with Crippen molar-refractivity contribution in [1.29, 1.82) is 0 Å². The van der Waals surface area contributed by atoms with Crippen LogP contribution in [0.1, 0.15) is 36.8 Å². The molecule has 4 N–H and O–H groups in total. The number of hydrogen-bond acceptors (Lipinski definition) is 4. The number of nitrogens with two attached hydrogens (primary N) is 1. The van der Waals surface area contributed by atoms with Gasteiger partial charge in [-0.3, -0.25) is 14.6 Å². The molecule has 7 heteroatoms. The Morgan fingerprint density at radius 3 is 2.55 bits per heavy atom. The molecular formula is C13H21ClN4O2. The van der Waals surface area contributed by atoms with Crippen LogP contribution in [0.4, 0.5) is 0 Å². The summed E-state index contributed by atoms with van der Waals surface area (Å²) in [6.07, 6.45) is 1.52. The standard InChI is InChI=1S/C13H20N4O2.ClH/c1-13(2,3)17-11(18)8-16-12(19)9-4-5-15-10(6-9)7-14;/h4-6H,7-8,14H2,1-3H3,(H,16,19)(H,17,18);1H. The molecule has 0 fully saturated rings. The lowest BCUT2D eigenvalue weighted by Crippen LogP contribution is -2.45. The number of carbonyl (C=O) groups is 2. The molecule has 0 aliphatic carbocycles. The smallest absolute Gasteiger partial charge is 0.251 e. The molecule has 1 heterocycles. The molecule has 20 heavy (non-hydrogen) atoms. The first-order chi connectivity index (χ1) is 8.81. The zero-order valence-electron chi connectivity index (χ0n) is 11.9. The highest BCUT2D eigenvalue weighted by atomic mass is 35.5. The van der Waals surface area contributed by atoms with Crippen molar-refractivity contribution >= 4 is 24.2 Å². The Kier molecular flexibility index (Phi) is 7.17. The summed E-state index contributed by atoms with van der Waals surface area (Å²) in [6.45, 7) is 5.84. The number of carbonyl (C=O) groups excluding carboxylic acids is 2. The van der Waals surface area contributed by atoms with Gasteiger partial charge in [0, 0.05) is 23.8 Å². The summed E-state index contributed by atoms with van der Waals surface area (Å²) >= 11 is 0. The summed E-state index contributed by atoms with van der Waals surface area (Å²) in [6, 6.07) is 3.19. The normalized spacial score (nSPS) is 10.4. The fourth-order valence-electron chi connectivity index (χ4n) is 1.46. The van der Waals surface area contributed by atoms with Gasteiger partial charge in [-0.1, -0.05) is 0 Å². The Morgan fingerprint density at radius 2 is 2.00 bits per heavy atom. The van der Waals surface area contributed by atoms with Crippen LogP contribution in [-0.2, 0) is 11.3 Å². The first-order valence-electron chi connectivity index (χ1n) is 6.06. The van der Waals surface area contributed by atoms with Crippen molar-refractivity contribution in [1.82, 2.24) is 15.6 Å². The van der Waals surface area contributed by atoms with Gasteiger partial charge in [0.2, 0.25) is 5.91 Å². The maximum absolute atomic E-state index is 11.8. The molecule has 0 aliphatic heterocycles. The first-order valence-corrected chi connectivity index (χ1v) is 6.06. The average molecular weight is 301 g/mol. The van der Waals surface area contributed by atoms with Crippen molar-refractivity contribution in [2.75, 3.05) is 6.54 Å². The van der Waals surface area contributed by atoms with E-state index in [4.69, 9.17) is 5.73 Å². The van der Waals surface area contributed by atoms with E-state index in [2.05, 4.69) is 15.6 Å². The molecule has 1 aromatic heterocycles. The first kappa shape index (κ1) is 18.3. The number of pyridine rings is 1. The number of hydrogen-bond donors (Lipinski definition) is 3. The topological polar surface area (TPSA) is 97.1 Å². The van der Waals surface area contributed by atoms with Crippen molar-refractivity contribution in [3.63, 3.8) is 0 Å². The molecule has 0 unspecified atom stereocenters. The zero-order valence-corrected chi connectivity index (χ0v) is 12.7. The van der Waals surface area contributed by atoms with Crippen LogP contribution in [0.15, 0.2) is 18.3 Å². The van der Waals surface area contributed by atoms with E-state index in [1.54, 1.807) is 12.1 Å². The number of rotatable bonds is 4. The number of amides is 2. The second-order valence-electron chi connectivity index (χ2n) is 5.22. The summed E-state index contributed by atoms with van der Waals surface area (Å²) in [5, 5.41) is 5.32. The third kappa shape index (κ3) is 6.49. The number of nitrogens with one attached hydrogen (secondary N) is 2. The molecule has 0 spiro atoms. The number of halogens is 1. The van der Waals surface area contributed by atoms with Gasteiger partial charge in [-0.05, 0) is 32.9 Å². The van der Waals surface area contributed by atoms with Gasteiger partial charge >= 0.3 is 0 Å². The minimum atomic E-state index is -0.318. The molecule has 6 nitrogen and oxygen atoms in total. The monoisotopic (exact) mass is 300 g/mol. The molecule has 0 bridgehead atoms. The van der Waals surface area contributed by atoms with Gasteiger partial charge in [-0.25, -0.2) is 0 Å². The lowest BCUT2D eigenvalue weighted by Gasteiger charge is -2.20. The molecule has 0 radical (unpaired) electrons. The van der Waals surface area contributed by atoms with E-state index in [-0.39, 0.29) is 42.8 Å². The van der Waals surface area contributed by atoms with Crippen LogP contribution in [0, 0.1) is 0 Å².